The van der Waals surface area contributed by atoms with Crippen LogP contribution in [0.5, 0.6) is 0 Å². The van der Waals surface area contributed by atoms with E-state index in [1.54, 1.807) is 0 Å². The minimum absolute atomic E-state index is 0.0148. The van der Waals surface area contributed by atoms with E-state index >= 15 is 0 Å². The van der Waals surface area contributed by atoms with Crippen LogP contribution in [0, 0.1) is 0 Å². The maximum atomic E-state index is 5.93. The van der Waals surface area contributed by atoms with Gasteiger partial charge in [-0.25, -0.2) is 0 Å². The number of anilines is 2. The van der Waals surface area contributed by atoms with Gasteiger partial charge in [-0.1, -0.05) is 6.07 Å². The van der Waals surface area contributed by atoms with E-state index in [0.29, 0.717) is 5.11 Å². The summed E-state index contributed by atoms with van der Waals surface area (Å²) in [5.74, 6) is 0. The van der Waals surface area contributed by atoms with E-state index in [2.05, 4.69) is 87.4 Å². The van der Waals surface area contributed by atoms with Crippen molar-refractivity contribution in [3.8, 4) is 0 Å². The number of pyridine rings is 1. The van der Waals surface area contributed by atoms with E-state index in [9.17, 15) is 0 Å². The Hall–Kier alpha value is -2.90. The van der Waals surface area contributed by atoms with Gasteiger partial charge in [0.2, 0.25) is 0 Å². The third-order valence-electron chi connectivity index (χ3n) is 6.33. The smallest absolute Gasteiger partial charge is 0.174 e. The van der Waals surface area contributed by atoms with Gasteiger partial charge in [0.05, 0.1) is 17.8 Å². The summed E-state index contributed by atoms with van der Waals surface area (Å²) < 4.78 is 8.26. The molecule has 0 unspecified atom stereocenters. The van der Waals surface area contributed by atoms with E-state index in [-0.39, 0.29) is 18.2 Å². The molecule has 32 heavy (non-hydrogen) atoms. The highest BCUT2D eigenvalue weighted by molar-refractivity contribution is 7.80. The number of rotatable bonds is 6. The van der Waals surface area contributed by atoms with Gasteiger partial charge in [-0.3, -0.25) is 4.98 Å². The number of hydrogen-bond acceptors (Lipinski definition) is 4. The fourth-order valence-electron chi connectivity index (χ4n) is 4.71. The van der Waals surface area contributed by atoms with Crippen molar-refractivity contribution in [1.29, 1.82) is 0 Å². The quantitative estimate of drug-likeness (QED) is 0.569. The number of thiocarbonyl (C=S) groups is 1. The molecule has 4 heterocycles. The zero-order valence-corrected chi connectivity index (χ0v) is 19.3. The molecule has 3 atom stereocenters. The second-order valence-corrected chi connectivity index (χ2v) is 9.01. The van der Waals surface area contributed by atoms with Crippen molar-refractivity contribution < 1.29 is 4.74 Å². The summed E-state index contributed by atoms with van der Waals surface area (Å²) in [6.07, 6.45) is 6.51. The van der Waals surface area contributed by atoms with Crippen molar-refractivity contribution >= 4 is 28.7 Å². The molecule has 3 aromatic rings. The maximum Gasteiger partial charge on any atom is 0.174 e. The van der Waals surface area contributed by atoms with Crippen LogP contribution in [0.1, 0.15) is 36.3 Å². The topological polar surface area (TPSA) is 45.6 Å². The van der Waals surface area contributed by atoms with E-state index < -0.39 is 0 Å². The molecule has 0 aliphatic carbocycles. The van der Waals surface area contributed by atoms with Gasteiger partial charge in [-0.05, 0) is 73.6 Å². The molecule has 7 heteroatoms. The zero-order chi connectivity index (χ0) is 22.1. The van der Waals surface area contributed by atoms with Crippen LogP contribution in [0.2, 0.25) is 0 Å². The minimum atomic E-state index is -0.0460. The first-order valence-corrected chi connectivity index (χ1v) is 11.6. The molecule has 1 aromatic carbocycles. The SMILES string of the molecule is CN(C)c1ccc(N2C(=S)N[C@H](c3ccccn3)[C@H]2c2cccn2C[C@H]2CCCO2)cc1. The predicted molar refractivity (Wildman–Crippen MR) is 132 cm³/mol. The fraction of sp³-hybridized carbons (Fsp3) is 0.360. The second kappa shape index (κ2) is 8.92. The number of aromatic nitrogens is 2. The normalized spacial score (nSPS) is 22.9. The Kier molecular flexibility index (Phi) is 5.85. The Bertz CT molecular complexity index is 1060. The fourth-order valence-corrected chi connectivity index (χ4v) is 5.06. The highest BCUT2D eigenvalue weighted by Gasteiger charge is 2.42. The number of nitrogens with one attached hydrogen (secondary N) is 1. The molecular weight excluding hydrogens is 418 g/mol. The Balaban J connectivity index is 1.55. The highest BCUT2D eigenvalue weighted by Crippen LogP contribution is 2.42. The lowest BCUT2D eigenvalue weighted by molar-refractivity contribution is 0.0961. The Morgan fingerprint density at radius 2 is 1.97 bits per heavy atom. The first-order chi connectivity index (χ1) is 15.6. The molecule has 2 fully saturated rings. The summed E-state index contributed by atoms with van der Waals surface area (Å²) in [7, 11) is 4.10. The van der Waals surface area contributed by atoms with Gasteiger partial charge in [0.25, 0.3) is 0 Å². The summed E-state index contributed by atoms with van der Waals surface area (Å²) >= 11 is 5.86. The Morgan fingerprint density at radius 1 is 1.12 bits per heavy atom. The number of ether oxygens (including phenoxy) is 1. The molecule has 2 aliphatic heterocycles. The summed E-state index contributed by atoms with van der Waals surface area (Å²) in [5.41, 5.74) is 4.42. The van der Waals surface area contributed by atoms with Crippen molar-refractivity contribution in [1.82, 2.24) is 14.9 Å². The second-order valence-electron chi connectivity index (χ2n) is 8.63. The Morgan fingerprint density at radius 3 is 2.66 bits per heavy atom. The lowest BCUT2D eigenvalue weighted by Crippen LogP contribution is -2.31. The summed E-state index contributed by atoms with van der Waals surface area (Å²) in [6, 6.07) is 18.9. The van der Waals surface area contributed by atoms with E-state index in [4.69, 9.17) is 17.0 Å². The van der Waals surface area contributed by atoms with Gasteiger partial charge in [0.1, 0.15) is 6.04 Å². The monoisotopic (exact) mass is 447 g/mol. The van der Waals surface area contributed by atoms with Crippen molar-refractivity contribution in [2.45, 2.75) is 37.6 Å². The van der Waals surface area contributed by atoms with Crippen molar-refractivity contribution in [3.05, 3.63) is 78.4 Å². The molecule has 0 radical (unpaired) electrons. The molecule has 0 spiro atoms. The number of nitrogens with zero attached hydrogens (tertiary/aromatic N) is 4. The van der Waals surface area contributed by atoms with Crippen LogP contribution in [0.25, 0.3) is 0 Å². The lowest BCUT2D eigenvalue weighted by Gasteiger charge is -2.29. The van der Waals surface area contributed by atoms with Gasteiger partial charge in [0, 0.05) is 56.7 Å². The average molecular weight is 448 g/mol. The van der Waals surface area contributed by atoms with E-state index in [1.165, 1.54) is 5.69 Å². The number of benzene rings is 1. The maximum absolute atomic E-state index is 5.93. The van der Waals surface area contributed by atoms with E-state index in [0.717, 1.165) is 43.1 Å². The molecule has 0 saturated carbocycles. The van der Waals surface area contributed by atoms with Crippen LogP contribution in [0.15, 0.2) is 67.0 Å². The van der Waals surface area contributed by atoms with Gasteiger partial charge < -0.3 is 24.4 Å². The molecule has 0 amide bonds. The zero-order valence-electron chi connectivity index (χ0n) is 18.5. The first kappa shape index (κ1) is 21.0. The highest BCUT2D eigenvalue weighted by atomic mass is 32.1. The van der Waals surface area contributed by atoms with Crippen LogP contribution >= 0.6 is 12.2 Å². The minimum Gasteiger partial charge on any atom is -0.378 e. The van der Waals surface area contributed by atoms with Crippen LogP contribution < -0.4 is 15.1 Å². The summed E-state index contributed by atoms with van der Waals surface area (Å²) in [6.45, 7) is 1.71. The molecule has 5 rings (SSSR count). The van der Waals surface area contributed by atoms with E-state index in [1.807, 2.05) is 18.3 Å². The molecule has 1 N–H and O–H groups in total. The van der Waals surface area contributed by atoms with Crippen LogP contribution in [0.3, 0.4) is 0 Å². The largest absolute Gasteiger partial charge is 0.378 e. The Labute approximate surface area is 194 Å². The molecule has 0 bridgehead atoms. The van der Waals surface area contributed by atoms with Crippen LogP contribution in [-0.4, -0.2) is 41.5 Å². The molecular formula is C25H29N5OS. The predicted octanol–water partition coefficient (Wildman–Crippen LogP) is 4.31. The van der Waals surface area contributed by atoms with Crippen molar-refractivity contribution in [2.24, 2.45) is 0 Å². The standard InChI is InChI=1S/C25H29N5OS/c1-28(2)18-10-12-19(13-11-18)30-24(23(27-25(30)32)21-8-3-4-14-26-21)22-9-5-15-29(22)17-20-7-6-16-31-20/h3-5,8-15,20,23-24H,6-7,16-17H2,1-2H3,(H,27,32)/t20-,23-,24-/m1/s1. The molecule has 6 nitrogen and oxygen atoms in total. The third-order valence-corrected chi connectivity index (χ3v) is 6.65. The summed E-state index contributed by atoms with van der Waals surface area (Å²) in [5, 5.41) is 4.27. The lowest BCUT2D eigenvalue weighted by atomic mass is 10.0. The van der Waals surface area contributed by atoms with Crippen LogP contribution in [0.4, 0.5) is 11.4 Å². The molecule has 2 aromatic heterocycles. The van der Waals surface area contributed by atoms with Crippen molar-refractivity contribution in [2.75, 3.05) is 30.5 Å². The third kappa shape index (κ3) is 3.98. The first-order valence-electron chi connectivity index (χ1n) is 11.2. The van der Waals surface area contributed by atoms with Gasteiger partial charge in [0.15, 0.2) is 5.11 Å². The molecule has 166 valence electrons. The average Bonchev–Trinajstić information content (AvgIpc) is 3.55. The van der Waals surface area contributed by atoms with Gasteiger partial charge in [-0.2, -0.15) is 0 Å². The summed E-state index contributed by atoms with van der Waals surface area (Å²) in [4.78, 5) is 9.00. The van der Waals surface area contributed by atoms with Gasteiger partial charge >= 0.3 is 0 Å². The number of hydrogen-bond donors (Lipinski definition) is 1. The van der Waals surface area contributed by atoms with Crippen LogP contribution in [-0.2, 0) is 11.3 Å². The molecule has 2 saturated heterocycles. The van der Waals surface area contributed by atoms with Gasteiger partial charge in [-0.15, -0.1) is 0 Å². The molecule has 2 aliphatic rings. The van der Waals surface area contributed by atoms with Crippen molar-refractivity contribution in [3.63, 3.8) is 0 Å².